The van der Waals surface area contributed by atoms with E-state index in [-0.39, 0.29) is 5.91 Å². The van der Waals surface area contributed by atoms with Crippen molar-refractivity contribution in [2.45, 2.75) is 0 Å². The molecule has 0 bridgehead atoms. The fourth-order valence-electron chi connectivity index (χ4n) is 1.63. The zero-order chi connectivity index (χ0) is 14.7. The monoisotopic (exact) mass is 354 g/mol. The van der Waals surface area contributed by atoms with E-state index in [0.29, 0.717) is 32.2 Å². The van der Waals surface area contributed by atoms with E-state index >= 15 is 0 Å². The minimum Gasteiger partial charge on any atom is -0.495 e. The van der Waals surface area contributed by atoms with Gasteiger partial charge >= 0.3 is 0 Å². The van der Waals surface area contributed by atoms with Gasteiger partial charge in [0, 0.05) is 15.7 Å². The highest BCUT2D eigenvalue weighted by Crippen LogP contribution is 2.27. The van der Waals surface area contributed by atoms with Crippen molar-refractivity contribution in [2.24, 2.45) is 0 Å². The van der Waals surface area contributed by atoms with Crippen LogP contribution in [-0.4, -0.2) is 13.0 Å². The van der Waals surface area contributed by atoms with Crippen molar-refractivity contribution in [3.05, 3.63) is 51.5 Å². The van der Waals surface area contributed by atoms with Crippen LogP contribution in [0.3, 0.4) is 0 Å². The molecule has 2 rings (SSSR count). The van der Waals surface area contributed by atoms with Crippen molar-refractivity contribution >= 4 is 44.8 Å². The predicted molar refractivity (Wildman–Crippen MR) is 84.5 cm³/mol. The lowest BCUT2D eigenvalue weighted by Crippen LogP contribution is -2.12. The number of carbonyl (C=O) groups excluding carboxylic acids is 1. The van der Waals surface area contributed by atoms with E-state index < -0.39 is 0 Å². The first-order valence-corrected chi connectivity index (χ1v) is 6.88. The molecule has 0 atom stereocenters. The van der Waals surface area contributed by atoms with Crippen molar-refractivity contribution in [3.63, 3.8) is 0 Å². The summed E-state index contributed by atoms with van der Waals surface area (Å²) in [6.45, 7) is 0. The van der Waals surface area contributed by atoms with Crippen molar-refractivity contribution in [1.29, 1.82) is 0 Å². The molecule has 0 aliphatic rings. The van der Waals surface area contributed by atoms with Gasteiger partial charge in [0.05, 0.1) is 17.8 Å². The van der Waals surface area contributed by atoms with Gasteiger partial charge in [-0.25, -0.2) is 0 Å². The van der Waals surface area contributed by atoms with Gasteiger partial charge in [0.25, 0.3) is 5.91 Å². The molecule has 0 heterocycles. The fraction of sp³-hybridized carbons (Fsp3) is 0.0714. The topological polar surface area (TPSA) is 64.3 Å². The second-order valence-corrected chi connectivity index (χ2v) is 5.30. The molecule has 1 amide bonds. The Hall–Kier alpha value is -1.72. The van der Waals surface area contributed by atoms with Crippen LogP contribution < -0.4 is 15.8 Å². The molecular formula is C14H12BrClN2O2. The van der Waals surface area contributed by atoms with E-state index in [1.165, 1.54) is 7.11 Å². The largest absolute Gasteiger partial charge is 0.495 e. The summed E-state index contributed by atoms with van der Waals surface area (Å²) in [5.74, 6) is 0.261. The number of hydrogen-bond donors (Lipinski definition) is 2. The Morgan fingerprint density at radius 2 is 2.05 bits per heavy atom. The normalized spacial score (nSPS) is 10.2. The van der Waals surface area contributed by atoms with Gasteiger partial charge in [0.1, 0.15) is 5.75 Å². The maximum Gasteiger partial charge on any atom is 0.255 e. The summed E-state index contributed by atoms with van der Waals surface area (Å²) in [5.41, 5.74) is 7.34. The Morgan fingerprint density at radius 1 is 1.30 bits per heavy atom. The number of methoxy groups -OCH3 is 1. The third-order valence-electron chi connectivity index (χ3n) is 2.66. The number of ether oxygens (including phenoxy) is 1. The van der Waals surface area contributed by atoms with Gasteiger partial charge in [-0.3, -0.25) is 4.79 Å². The molecule has 4 nitrogen and oxygen atoms in total. The fourth-order valence-corrected chi connectivity index (χ4v) is 2.39. The molecule has 2 aromatic rings. The van der Waals surface area contributed by atoms with Crippen LogP contribution in [0.25, 0.3) is 0 Å². The van der Waals surface area contributed by atoms with Gasteiger partial charge in [-0.05, 0) is 52.3 Å². The Labute approximate surface area is 130 Å². The highest BCUT2D eigenvalue weighted by Gasteiger charge is 2.11. The van der Waals surface area contributed by atoms with Crippen LogP contribution in [0.1, 0.15) is 10.4 Å². The number of benzene rings is 2. The SMILES string of the molecule is COc1ccc(C(=O)Nc2ccc(N)cc2Br)cc1Cl. The van der Waals surface area contributed by atoms with Crippen LogP contribution in [0.15, 0.2) is 40.9 Å². The van der Waals surface area contributed by atoms with E-state index in [2.05, 4.69) is 21.2 Å². The summed E-state index contributed by atoms with van der Waals surface area (Å²) in [7, 11) is 1.52. The lowest BCUT2D eigenvalue weighted by atomic mass is 10.2. The van der Waals surface area contributed by atoms with Crippen LogP contribution in [0, 0.1) is 0 Å². The van der Waals surface area contributed by atoms with Crippen LogP contribution in [0.2, 0.25) is 5.02 Å². The predicted octanol–water partition coefficient (Wildman–Crippen LogP) is 3.95. The molecule has 6 heteroatoms. The molecule has 104 valence electrons. The molecule has 0 saturated carbocycles. The zero-order valence-corrected chi connectivity index (χ0v) is 13.0. The van der Waals surface area contributed by atoms with Gasteiger partial charge < -0.3 is 15.8 Å². The molecule has 0 radical (unpaired) electrons. The highest BCUT2D eigenvalue weighted by atomic mass is 79.9. The first-order valence-electron chi connectivity index (χ1n) is 5.71. The maximum absolute atomic E-state index is 12.1. The van der Waals surface area contributed by atoms with Crippen LogP contribution in [0.5, 0.6) is 5.75 Å². The molecule has 0 fully saturated rings. The van der Waals surface area contributed by atoms with Crippen LogP contribution in [0.4, 0.5) is 11.4 Å². The van der Waals surface area contributed by atoms with Gasteiger partial charge in [-0.15, -0.1) is 0 Å². The molecule has 3 N–H and O–H groups in total. The Kier molecular flexibility index (Phi) is 4.52. The number of halogens is 2. The third-order valence-corrected chi connectivity index (χ3v) is 3.61. The summed E-state index contributed by atoms with van der Waals surface area (Å²) in [4.78, 5) is 12.1. The summed E-state index contributed by atoms with van der Waals surface area (Å²) in [6, 6.07) is 10.0. The number of carbonyl (C=O) groups is 1. The number of nitrogens with one attached hydrogen (secondary N) is 1. The number of rotatable bonds is 3. The molecule has 0 saturated heterocycles. The Bertz CT molecular complexity index is 662. The highest BCUT2D eigenvalue weighted by molar-refractivity contribution is 9.10. The van der Waals surface area contributed by atoms with Gasteiger partial charge in [-0.2, -0.15) is 0 Å². The smallest absolute Gasteiger partial charge is 0.255 e. The first-order chi connectivity index (χ1) is 9.51. The minimum atomic E-state index is -0.264. The maximum atomic E-state index is 12.1. The summed E-state index contributed by atoms with van der Waals surface area (Å²) < 4.78 is 5.76. The molecule has 2 aromatic carbocycles. The van der Waals surface area contributed by atoms with Gasteiger partial charge in [-0.1, -0.05) is 11.6 Å². The van der Waals surface area contributed by atoms with Gasteiger partial charge in [0.15, 0.2) is 0 Å². The van der Waals surface area contributed by atoms with E-state index in [4.69, 9.17) is 22.1 Å². The van der Waals surface area contributed by atoms with Gasteiger partial charge in [0.2, 0.25) is 0 Å². The van der Waals surface area contributed by atoms with E-state index in [9.17, 15) is 4.79 Å². The van der Waals surface area contributed by atoms with Crippen molar-refractivity contribution < 1.29 is 9.53 Å². The van der Waals surface area contributed by atoms with Crippen molar-refractivity contribution in [1.82, 2.24) is 0 Å². The molecule has 0 unspecified atom stereocenters. The van der Waals surface area contributed by atoms with Crippen molar-refractivity contribution in [3.8, 4) is 5.75 Å². The zero-order valence-electron chi connectivity index (χ0n) is 10.6. The summed E-state index contributed by atoms with van der Waals surface area (Å²) >= 11 is 9.34. The number of amides is 1. The summed E-state index contributed by atoms with van der Waals surface area (Å²) in [6.07, 6.45) is 0. The molecular weight excluding hydrogens is 344 g/mol. The number of nitrogens with two attached hydrogens (primary N) is 1. The quantitative estimate of drug-likeness (QED) is 0.820. The molecule has 0 aromatic heterocycles. The molecule has 0 aliphatic carbocycles. The third kappa shape index (κ3) is 3.23. The first kappa shape index (κ1) is 14.7. The lowest BCUT2D eigenvalue weighted by Gasteiger charge is -2.09. The van der Waals surface area contributed by atoms with Crippen LogP contribution in [-0.2, 0) is 0 Å². The van der Waals surface area contributed by atoms with E-state index in [0.717, 1.165) is 0 Å². The average Bonchev–Trinajstić information content (AvgIpc) is 2.41. The Morgan fingerprint density at radius 3 is 2.65 bits per heavy atom. The van der Waals surface area contributed by atoms with Crippen molar-refractivity contribution in [2.75, 3.05) is 18.2 Å². The second kappa shape index (κ2) is 6.15. The Balaban J connectivity index is 2.21. The standard InChI is InChI=1S/C14H12BrClN2O2/c1-20-13-5-2-8(6-11(13)16)14(19)18-12-4-3-9(17)7-10(12)15/h2-7H,17H2,1H3,(H,18,19). The number of nitrogen functional groups attached to an aromatic ring is 1. The summed E-state index contributed by atoms with van der Waals surface area (Å²) in [5, 5.41) is 3.16. The van der Waals surface area contributed by atoms with Crippen LogP contribution >= 0.6 is 27.5 Å². The van der Waals surface area contributed by atoms with E-state index in [1.54, 1.807) is 36.4 Å². The van der Waals surface area contributed by atoms with E-state index in [1.807, 2.05) is 0 Å². The molecule has 0 aliphatic heterocycles. The number of hydrogen-bond acceptors (Lipinski definition) is 3. The average molecular weight is 356 g/mol. The molecule has 0 spiro atoms. The lowest BCUT2D eigenvalue weighted by molar-refractivity contribution is 0.102. The molecule has 20 heavy (non-hydrogen) atoms. The minimum absolute atomic E-state index is 0.264. The number of anilines is 2. The second-order valence-electron chi connectivity index (χ2n) is 4.04.